The van der Waals surface area contributed by atoms with Crippen molar-refractivity contribution in [2.75, 3.05) is 26.0 Å². The van der Waals surface area contributed by atoms with Gasteiger partial charge in [0.1, 0.15) is 0 Å². The van der Waals surface area contributed by atoms with Crippen LogP contribution in [-0.4, -0.2) is 34.5 Å². The van der Waals surface area contributed by atoms with E-state index in [4.69, 9.17) is 32.1 Å². The minimum Gasteiger partial charge on any atom is -0.398 e. The number of rotatable bonds is 10. The van der Waals surface area contributed by atoms with E-state index in [0.717, 1.165) is 49.5 Å². The maximum atomic E-state index is 5.66. The van der Waals surface area contributed by atoms with Crippen LogP contribution in [-0.2, 0) is 8.85 Å². The third kappa shape index (κ3) is 6.79. The Labute approximate surface area is 104 Å². The van der Waals surface area contributed by atoms with Gasteiger partial charge in [0, 0.05) is 26.0 Å². The summed E-state index contributed by atoms with van der Waals surface area (Å²) in [6.07, 6.45) is 4.27. The topological polar surface area (TPSA) is 18.5 Å². The number of hydrogen-bond acceptors (Lipinski definition) is 2. The van der Waals surface area contributed by atoms with Crippen LogP contribution in [0.5, 0.6) is 0 Å². The maximum Gasteiger partial charge on any atom is 0.337 e. The van der Waals surface area contributed by atoms with Gasteiger partial charge in [0.2, 0.25) is 0 Å². The molecule has 0 unspecified atom stereocenters. The summed E-state index contributed by atoms with van der Waals surface area (Å²) in [5, 5.41) is 0. The predicted molar refractivity (Wildman–Crippen MR) is 69.3 cm³/mol. The Hall–Kier alpha value is 0.717. The van der Waals surface area contributed by atoms with E-state index in [9.17, 15) is 0 Å². The zero-order chi connectivity index (χ0) is 11.6. The van der Waals surface area contributed by atoms with Crippen molar-refractivity contribution >= 4 is 31.8 Å². The Balaban J connectivity index is 3.93. The van der Waals surface area contributed by atoms with Crippen LogP contribution >= 0.6 is 23.2 Å². The van der Waals surface area contributed by atoms with Crippen LogP contribution in [0.4, 0.5) is 0 Å². The fourth-order valence-electron chi connectivity index (χ4n) is 1.59. The van der Waals surface area contributed by atoms with Gasteiger partial charge in [-0.05, 0) is 24.9 Å². The first-order chi connectivity index (χ1) is 7.24. The molecule has 0 aromatic carbocycles. The normalized spacial score (nSPS) is 12.0. The molecule has 0 atom stereocenters. The van der Waals surface area contributed by atoms with Crippen LogP contribution in [0.25, 0.3) is 0 Å². The lowest BCUT2D eigenvalue weighted by atomic mass is 10.4. The van der Waals surface area contributed by atoms with Gasteiger partial charge >= 0.3 is 8.56 Å². The van der Waals surface area contributed by atoms with Gasteiger partial charge in [-0.1, -0.05) is 12.8 Å². The minimum atomic E-state index is -1.94. The molecule has 0 radical (unpaired) electrons. The summed E-state index contributed by atoms with van der Waals surface area (Å²) in [7, 11) is 1.59. The first-order valence-corrected chi connectivity index (χ1v) is 8.77. The molecule has 0 spiro atoms. The molecule has 92 valence electrons. The lowest BCUT2D eigenvalue weighted by molar-refractivity contribution is 0.239. The largest absolute Gasteiger partial charge is 0.398 e. The lowest BCUT2D eigenvalue weighted by Crippen LogP contribution is -2.39. The molecule has 15 heavy (non-hydrogen) atoms. The maximum absolute atomic E-state index is 5.66. The smallest absolute Gasteiger partial charge is 0.337 e. The molecule has 0 aromatic heterocycles. The van der Waals surface area contributed by atoms with E-state index in [1.165, 1.54) is 0 Å². The quantitative estimate of drug-likeness (QED) is 0.343. The first kappa shape index (κ1) is 15.7. The average Bonchev–Trinajstić information content (AvgIpc) is 2.28. The summed E-state index contributed by atoms with van der Waals surface area (Å²) >= 11 is 11.3. The standard InChI is InChI=1S/C10H22Cl2O2Si/c1-13-15(14-2,9-5-3-7-11)10-6-4-8-12/h3-10H2,1-2H3. The van der Waals surface area contributed by atoms with E-state index in [2.05, 4.69) is 0 Å². The van der Waals surface area contributed by atoms with Crippen LogP contribution in [0, 0.1) is 0 Å². The fraction of sp³-hybridized carbons (Fsp3) is 1.00. The van der Waals surface area contributed by atoms with E-state index in [1.54, 1.807) is 14.2 Å². The second-order valence-electron chi connectivity index (χ2n) is 3.61. The highest BCUT2D eigenvalue weighted by Crippen LogP contribution is 2.23. The molecule has 0 amide bonds. The molecule has 5 heteroatoms. The van der Waals surface area contributed by atoms with E-state index in [1.807, 2.05) is 0 Å². The molecule has 0 saturated carbocycles. The Morgan fingerprint density at radius 1 is 0.800 bits per heavy atom. The van der Waals surface area contributed by atoms with Crippen molar-refractivity contribution in [3.8, 4) is 0 Å². The molecule has 0 heterocycles. The molecule has 0 N–H and O–H groups in total. The van der Waals surface area contributed by atoms with Gasteiger partial charge in [-0.2, -0.15) is 0 Å². The number of unbranched alkanes of at least 4 members (excludes halogenated alkanes) is 2. The second-order valence-corrected chi connectivity index (χ2v) is 8.00. The Kier molecular flexibility index (Phi) is 10.4. The molecule has 0 fully saturated rings. The van der Waals surface area contributed by atoms with Crippen molar-refractivity contribution in [1.29, 1.82) is 0 Å². The van der Waals surface area contributed by atoms with E-state index in [-0.39, 0.29) is 0 Å². The van der Waals surface area contributed by atoms with Gasteiger partial charge in [-0.15, -0.1) is 23.2 Å². The van der Waals surface area contributed by atoms with E-state index < -0.39 is 8.56 Å². The molecule has 0 rings (SSSR count). The average molecular weight is 273 g/mol. The monoisotopic (exact) mass is 272 g/mol. The Bertz CT molecular complexity index is 131. The van der Waals surface area contributed by atoms with Gasteiger partial charge in [-0.3, -0.25) is 0 Å². The Morgan fingerprint density at radius 3 is 1.47 bits per heavy atom. The van der Waals surface area contributed by atoms with Crippen molar-refractivity contribution < 1.29 is 8.85 Å². The summed E-state index contributed by atoms with van der Waals surface area (Å²) in [4.78, 5) is 0. The van der Waals surface area contributed by atoms with Crippen LogP contribution < -0.4 is 0 Å². The van der Waals surface area contributed by atoms with Gasteiger partial charge in [-0.25, -0.2) is 0 Å². The van der Waals surface area contributed by atoms with Gasteiger partial charge in [0.05, 0.1) is 0 Å². The summed E-state index contributed by atoms with van der Waals surface area (Å²) in [6.45, 7) is 0. The summed E-state index contributed by atoms with van der Waals surface area (Å²) in [5.74, 6) is 1.44. The first-order valence-electron chi connectivity index (χ1n) is 5.47. The molecule has 2 nitrogen and oxygen atoms in total. The fourth-order valence-corrected chi connectivity index (χ4v) is 4.78. The summed E-state index contributed by atoms with van der Waals surface area (Å²) in [5.41, 5.74) is 0. The van der Waals surface area contributed by atoms with Crippen molar-refractivity contribution in [3.63, 3.8) is 0 Å². The second kappa shape index (κ2) is 9.91. The molecule has 0 aromatic rings. The van der Waals surface area contributed by atoms with Gasteiger partial charge < -0.3 is 8.85 Å². The highest BCUT2D eigenvalue weighted by molar-refractivity contribution is 6.67. The molecule has 0 aliphatic rings. The van der Waals surface area contributed by atoms with Crippen LogP contribution in [0.15, 0.2) is 0 Å². The van der Waals surface area contributed by atoms with Crippen molar-refractivity contribution in [3.05, 3.63) is 0 Å². The van der Waals surface area contributed by atoms with E-state index in [0.29, 0.717) is 0 Å². The molecule has 0 saturated heterocycles. The van der Waals surface area contributed by atoms with E-state index >= 15 is 0 Å². The summed E-state index contributed by atoms with van der Waals surface area (Å²) in [6, 6.07) is 2.07. The third-order valence-corrected chi connectivity index (χ3v) is 6.88. The Morgan fingerprint density at radius 2 is 1.20 bits per heavy atom. The van der Waals surface area contributed by atoms with Gasteiger partial charge in [0.15, 0.2) is 0 Å². The van der Waals surface area contributed by atoms with Crippen molar-refractivity contribution in [1.82, 2.24) is 0 Å². The van der Waals surface area contributed by atoms with Crippen LogP contribution in [0.1, 0.15) is 25.7 Å². The summed E-state index contributed by atoms with van der Waals surface area (Å²) < 4.78 is 11.2. The highest BCUT2D eigenvalue weighted by Gasteiger charge is 2.33. The molecular weight excluding hydrogens is 251 g/mol. The molecule has 0 aliphatic heterocycles. The zero-order valence-electron chi connectivity index (χ0n) is 9.73. The van der Waals surface area contributed by atoms with Crippen LogP contribution in [0.3, 0.4) is 0 Å². The zero-order valence-corrected chi connectivity index (χ0v) is 12.2. The van der Waals surface area contributed by atoms with Crippen molar-refractivity contribution in [2.45, 2.75) is 37.8 Å². The molecule has 0 aliphatic carbocycles. The number of halogens is 2. The molecular formula is C10H22Cl2O2Si. The van der Waals surface area contributed by atoms with Crippen LogP contribution in [0.2, 0.25) is 12.1 Å². The number of alkyl halides is 2. The third-order valence-electron chi connectivity index (χ3n) is 2.63. The predicted octanol–water partition coefficient (Wildman–Crippen LogP) is 3.76. The van der Waals surface area contributed by atoms with Gasteiger partial charge in [0.25, 0.3) is 0 Å². The number of hydrogen-bond donors (Lipinski definition) is 0. The van der Waals surface area contributed by atoms with Crippen molar-refractivity contribution in [2.24, 2.45) is 0 Å². The SMILES string of the molecule is CO[Si](CCCCCl)(CCCCCl)OC. The molecule has 0 bridgehead atoms. The lowest BCUT2D eigenvalue weighted by Gasteiger charge is -2.27. The minimum absolute atomic E-state index is 0.722. The highest BCUT2D eigenvalue weighted by atomic mass is 35.5.